The second-order valence-corrected chi connectivity index (χ2v) is 9.07. The van der Waals surface area contributed by atoms with Crippen LogP contribution < -0.4 is 9.46 Å². The van der Waals surface area contributed by atoms with Crippen LogP contribution in [-0.2, 0) is 10.0 Å². The Kier molecular flexibility index (Phi) is 4.78. The van der Waals surface area contributed by atoms with E-state index < -0.39 is 10.0 Å². The van der Waals surface area contributed by atoms with Gasteiger partial charge in [0.25, 0.3) is 10.0 Å². The van der Waals surface area contributed by atoms with Crippen LogP contribution in [0.5, 0.6) is 5.75 Å². The summed E-state index contributed by atoms with van der Waals surface area (Å²) in [7, 11) is -2.04. The fourth-order valence-corrected chi connectivity index (χ4v) is 5.64. The molecule has 0 unspecified atom stereocenters. The van der Waals surface area contributed by atoms with Gasteiger partial charge in [-0.25, -0.2) is 8.42 Å². The van der Waals surface area contributed by atoms with Crippen molar-refractivity contribution in [3.8, 4) is 5.75 Å². The van der Waals surface area contributed by atoms with E-state index in [0.717, 1.165) is 8.66 Å². The second-order valence-electron chi connectivity index (χ2n) is 3.93. The summed E-state index contributed by atoms with van der Waals surface area (Å²) in [6.07, 6.45) is 0. The lowest BCUT2D eigenvalue weighted by Crippen LogP contribution is -2.13. The van der Waals surface area contributed by atoms with Gasteiger partial charge in [0.15, 0.2) is 0 Å². The van der Waals surface area contributed by atoms with Crippen LogP contribution in [-0.4, -0.2) is 15.5 Å². The van der Waals surface area contributed by atoms with Gasteiger partial charge in [-0.3, -0.25) is 4.72 Å². The quantitative estimate of drug-likeness (QED) is 0.766. The van der Waals surface area contributed by atoms with Crippen molar-refractivity contribution in [2.75, 3.05) is 11.8 Å². The number of aryl methyl sites for hydroxylation is 1. The minimum Gasteiger partial charge on any atom is -0.496 e. The molecule has 0 saturated carbocycles. The smallest absolute Gasteiger partial charge is 0.263 e. The molecule has 0 radical (unpaired) electrons. The predicted molar refractivity (Wildman–Crippen MR) is 88.3 cm³/mol. The molecule has 0 amide bonds. The molecule has 1 heterocycles. The topological polar surface area (TPSA) is 55.4 Å². The monoisotopic (exact) mass is 439 g/mol. The number of hydrogen-bond donors (Lipinski definition) is 1. The molecule has 0 aliphatic rings. The molecular weight excluding hydrogens is 430 g/mol. The van der Waals surface area contributed by atoms with Crippen molar-refractivity contribution in [3.63, 3.8) is 0 Å². The Bertz CT molecular complexity index is 741. The van der Waals surface area contributed by atoms with E-state index in [0.29, 0.717) is 15.9 Å². The average Bonchev–Trinajstić information content (AvgIpc) is 2.69. The third-order valence-electron chi connectivity index (χ3n) is 2.54. The van der Waals surface area contributed by atoms with Crippen molar-refractivity contribution in [1.82, 2.24) is 0 Å². The van der Waals surface area contributed by atoms with Crippen molar-refractivity contribution < 1.29 is 13.2 Å². The molecule has 0 aliphatic carbocycles. The number of nitrogens with one attached hydrogen (secondary N) is 1. The molecule has 0 atom stereocenters. The van der Waals surface area contributed by atoms with E-state index in [4.69, 9.17) is 4.74 Å². The van der Waals surface area contributed by atoms with Crippen molar-refractivity contribution in [1.29, 1.82) is 0 Å². The van der Waals surface area contributed by atoms with E-state index in [9.17, 15) is 8.42 Å². The van der Waals surface area contributed by atoms with Gasteiger partial charge in [-0.15, -0.1) is 11.3 Å². The first-order chi connectivity index (χ1) is 9.33. The third-order valence-corrected chi connectivity index (χ3v) is 6.35. The highest BCUT2D eigenvalue weighted by Gasteiger charge is 2.20. The van der Waals surface area contributed by atoms with E-state index >= 15 is 0 Å². The summed E-state index contributed by atoms with van der Waals surface area (Å²) in [5.41, 5.74) is 0.472. The van der Waals surface area contributed by atoms with Crippen LogP contribution in [0.15, 0.2) is 37.4 Å². The molecule has 1 aromatic carbocycles. The molecular formula is C12H11Br2NO3S2. The zero-order valence-electron chi connectivity index (χ0n) is 10.6. The molecule has 2 aromatic rings. The van der Waals surface area contributed by atoms with Gasteiger partial charge in [-0.05, 0) is 63.0 Å². The number of hydrogen-bond acceptors (Lipinski definition) is 4. The van der Waals surface area contributed by atoms with Gasteiger partial charge in [0.1, 0.15) is 10.6 Å². The molecule has 1 N–H and O–H groups in total. The van der Waals surface area contributed by atoms with Crippen LogP contribution in [0, 0.1) is 6.92 Å². The van der Waals surface area contributed by atoms with Gasteiger partial charge in [-0.2, -0.15) is 0 Å². The lowest BCUT2D eigenvalue weighted by Gasteiger charge is -2.09. The largest absolute Gasteiger partial charge is 0.496 e. The first-order valence-corrected chi connectivity index (χ1v) is 9.34. The molecule has 8 heteroatoms. The highest BCUT2D eigenvalue weighted by molar-refractivity contribution is 9.11. The SMILES string of the molecule is COc1ccc(NS(=O)(=O)c2cc(Br)sc2C)cc1Br. The third kappa shape index (κ3) is 3.36. The minimum absolute atomic E-state index is 0.279. The standard InChI is InChI=1S/C12H11Br2NO3S2/c1-7-11(6-12(14)19-7)20(16,17)15-8-3-4-10(18-2)9(13)5-8/h3-6,15H,1-2H3. The molecule has 4 nitrogen and oxygen atoms in total. The number of rotatable bonds is 4. The van der Waals surface area contributed by atoms with E-state index in [1.165, 1.54) is 11.3 Å². The Morgan fingerprint density at radius 3 is 2.45 bits per heavy atom. The van der Waals surface area contributed by atoms with E-state index in [1.54, 1.807) is 38.3 Å². The zero-order valence-corrected chi connectivity index (χ0v) is 15.4. The maximum atomic E-state index is 12.3. The van der Waals surface area contributed by atoms with Crippen LogP contribution in [0.4, 0.5) is 5.69 Å². The minimum atomic E-state index is -3.59. The maximum Gasteiger partial charge on any atom is 0.263 e. The molecule has 0 spiro atoms. The van der Waals surface area contributed by atoms with Gasteiger partial charge in [0, 0.05) is 4.88 Å². The molecule has 2 rings (SSSR count). The summed E-state index contributed by atoms with van der Waals surface area (Å²) in [6.45, 7) is 1.77. The molecule has 0 bridgehead atoms. The predicted octanol–water partition coefficient (Wildman–Crippen LogP) is 4.39. The van der Waals surface area contributed by atoms with Crippen molar-refractivity contribution in [2.45, 2.75) is 11.8 Å². The van der Waals surface area contributed by atoms with Crippen LogP contribution in [0.2, 0.25) is 0 Å². The molecule has 0 aliphatic heterocycles. The van der Waals surface area contributed by atoms with Crippen molar-refractivity contribution in [3.05, 3.63) is 37.4 Å². The highest BCUT2D eigenvalue weighted by Crippen LogP contribution is 2.32. The number of methoxy groups -OCH3 is 1. The Balaban J connectivity index is 2.33. The number of thiophene rings is 1. The second kappa shape index (κ2) is 6.05. The summed E-state index contributed by atoms with van der Waals surface area (Å²) >= 11 is 8.00. The summed E-state index contributed by atoms with van der Waals surface area (Å²) in [6, 6.07) is 6.60. The number of ether oxygens (including phenoxy) is 1. The van der Waals surface area contributed by atoms with Crippen molar-refractivity contribution in [2.24, 2.45) is 0 Å². The van der Waals surface area contributed by atoms with E-state index in [-0.39, 0.29) is 4.90 Å². The molecule has 0 fully saturated rings. The first-order valence-electron chi connectivity index (χ1n) is 5.46. The van der Waals surface area contributed by atoms with Crippen LogP contribution in [0.3, 0.4) is 0 Å². The average molecular weight is 441 g/mol. The highest BCUT2D eigenvalue weighted by atomic mass is 79.9. The van der Waals surface area contributed by atoms with E-state index in [2.05, 4.69) is 36.6 Å². The van der Waals surface area contributed by atoms with Gasteiger partial charge >= 0.3 is 0 Å². The maximum absolute atomic E-state index is 12.3. The normalized spacial score (nSPS) is 11.4. The van der Waals surface area contributed by atoms with Crippen LogP contribution in [0.25, 0.3) is 0 Å². The lowest BCUT2D eigenvalue weighted by molar-refractivity contribution is 0.412. The van der Waals surface area contributed by atoms with E-state index in [1.807, 2.05) is 0 Å². The Labute approximate surface area is 138 Å². The van der Waals surface area contributed by atoms with Gasteiger partial charge in [0.2, 0.25) is 0 Å². The summed E-state index contributed by atoms with van der Waals surface area (Å²) in [5.74, 6) is 0.641. The lowest BCUT2D eigenvalue weighted by atomic mass is 10.3. The van der Waals surface area contributed by atoms with Gasteiger partial charge < -0.3 is 4.74 Å². The Morgan fingerprint density at radius 1 is 1.25 bits per heavy atom. The molecule has 20 heavy (non-hydrogen) atoms. The number of anilines is 1. The summed E-state index contributed by atoms with van der Waals surface area (Å²) < 4.78 is 33.8. The number of halogens is 2. The van der Waals surface area contributed by atoms with Gasteiger partial charge in [-0.1, -0.05) is 0 Å². The number of sulfonamides is 1. The fraction of sp³-hybridized carbons (Fsp3) is 0.167. The van der Waals surface area contributed by atoms with Gasteiger partial charge in [0.05, 0.1) is 21.1 Å². The molecule has 108 valence electrons. The molecule has 1 aromatic heterocycles. The van der Waals surface area contributed by atoms with Crippen molar-refractivity contribution >= 4 is 58.9 Å². The fourth-order valence-electron chi connectivity index (χ4n) is 1.64. The summed E-state index contributed by atoms with van der Waals surface area (Å²) in [5, 5.41) is 0. The Morgan fingerprint density at radius 2 is 1.95 bits per heavy atom. The Hall–Kier alpha value is -0.570. The first kappa shape index (κ1) is 15.8. The zero-order chi connectivity index (χ0) is 14.9. The van der Waals surface area contributed by atoms with Crippen LogP contribution in [0.1, 0.15) is 4.88 Å². The van der Waals surface area contributed by atoms with Crippen LogP contribution >= 0.6 is 43.2 Å². The summed E-state index contributed by atoms with van der Waals surface area (Å²) in [4.78, 5) is 1.01. The molecule has 0 saturated heterocycles. The number of benzene rings is 1.